The van der Waals surface area contributed by atoms with E-state index >= 15 is 0 Å². The number of nitrogens with zero attached hydrogens (tertiary/aromatic N) is 1. The van der Waals surface area contributed by atoms with Crippen molar-refractivity contribution >= 4 is 29.3 Å². The summed E-state index contributed by atoms with van der Waals surface area (Å²) in [6.45, 7) is 6.31. The maximum absolute atomic E-state index is 12.7. The van der Waals surface area contributed by atoms with Crippen molar-refractivity contribution < 1.29 is 32.3 Å². The second-order valence-electron chi connectivity index (χ2n) is 8.18. The van der Waals surface area contributed by atoms with Crippen molar-refractivity contribution in [1.29, 1.82) is 0 Å². The summed E-state index contributed by atoms with van der Waals surface area (Å²) in [6.07, 6.45) is -5.58. The predicted molar refractivity (Wildman–Crippen MR) is 118 cm³/mol. The van der Waals surface area contributed by atoms with Crippen molar-refractivity contribution in [3.8, 4) is 0 Å². The van der Waals surface area contributed by atoms with E-state index in [1.54, 1.807) is 39.0 Å². The topological polar surface area (TPSA) is 87.7 Å². The molecule has 178 valence electrons. The maximum atomic E-state index is 12.7. The van der Waals surface area contributed by atoms with Crippen LogP contribution in [0.5, 0.6) is 0 Å². The molecule has 0 fully saturated rings. The van der Waals surface area contributed by atoms with Crippen LogP contribution in [-0.2, 0) is 16.1 Å². The van der Waals surface area contributed by atoms with Gasteiger partial charge in [-0.2, -0.15) is 13.2 Å². The van der Waals surface area contributed by atoms with Gasteiger partial charge < -0.3 is 15.0 Å². The number of benzene rings is 2. The lowest BCUT2D eigenvalue weighted by atomic mass is 10.1. The summed E-state index contributed by atoms with van der Waals surface area (Å²) in [6, 6.07) is 12.3. The molecule has 0 saturated carbocycles. The molecule has 0 aliphatic carbocycles. The molecule has 0 unspecified atom stereocenters. The Morgan fingerprint density at radius 1 is 0.939 bits per heavy atom. The Morgan fingerprint density at radius 2 is 1.58 bits per heavy atom. The Kier molecular flexibility index (Phi) is 8.08. The number of amides is 3. The molecular formula is C23H26F3N3O4. The number of alkyl halides is 3. The first-order valence-corrected chi connectivity index (χ1v) is 10.1. The summed E-state index contributed by atoms with van der Waals surface area (Å²) < 4.78 is 43.3. The lowest BCUT2D eigenvalue weighted by Gasteiger charge is -2.22. The van der Waals surface area contributed by atoms with Crippen LogP contribution in [-0.4, -0.2) is 41.1 Å². The van der Waals surface area contributed by atoms with Gasteiger partial charge in [0.2, 0.25) is 0 Å². The van der Waals surface area contributed by atoms with Crippen molar-refractivity contribution in [2.75, 3.05) is 17.2 Å². The van der Waals surface area contributed by atoms with E-state index in [1.165, 1.54) is 37.3 Å². The highest BCUT2D eigenvalue weighted by Crippen LogP contribution is 2.21. The summed E-state index contributed by atoms with van der Waals surface area (Å²) >= 11 is 0. The Bertz CT molecular complexity index is 999. The van der Waals surface area contributed by atoms with Gasteiger partial charge in [0, 0.05) is 30.0 Å². The summed E-state index contributed by atoms with van der Waals surface area (Å²) in [4.78, 5) is 36.5. The van der Waals surface area contributed by atoms with Gasteiger partial charge in [-0.3, -0.25) is 14.9 Å². The standard InChI is InChI=1S/C23H26F3N3O4/c1-5-29(20(31)23(24,25)26)14-15-7-6-8-18(13-15)27-19(30)16-9-11-17(12-10-16)28-21(32)33-22(2,3)4/h6-13H,5,14H2,1-4H3,(H,27,30)(H,28,32). The molecule has 0 aliphatic rings. The molecule has 0 spiro atoms. The van der Waals surface area contributed by atoms with Crippen molar-refractivity contribution in [2.24, 2.45) is 0 Å². The molecule has 0 bridgehead atoms. The highest BCUT2D eigenvalue weighted by atomic mass is 19.4. The van der Waals surface area contributed by atoms with Crippen LogP contribution in [0.4, 0.5) is 29.3 Å². The van der Waals surface area contributed by atoms with Crippen LogP contribution >= 0.6 is 0 Å². The van der Waals surface area contributed by atoms with Gasteiger partial charge in [-0.25, -0.2) is 4.79 Å². The molecule has 7 nitrogen and oxygen atoms in total. The number of hydrogen-bond donors (Lipinski definition) is 2. The zero-order chi connectivity index (χ0) is 24.8. The van der Waals surface area contributed by atoms with E-state index in [-0.39, 0.29) is 13.1 Å². The third-order valence-corrected chi connectivity index (χ3v) is 4.26. The first kappa shape index (κ1) is 25.7. The van der Waals surface area contributed by atoms with Gasteiger partial charge in [0.25, 0.3) is 5.91 Å². The summed E-state index contributed by atoms with van der Waals surface area (Å²) in [5.74, 6) is -2.37. The minimum absolute atomic E-state index is 0.112. The van der Waals surface area contributed by atoms with Gasteiger partial charge in [-0.15, -0.1) is 0 Å². The minimum Gasteiger partial charge on any atom is -0.444 e. The third-order valence-electron chi connectivity index (χ3n) is 4.26. The average molecular weight is 465 g/mol. The Hall–Kier alpha value is -3.56. The van der Waals surface area contributed by atoms with Crippen molar-refractivity contribution in [3.05, 3.63) is 59.7 Å². The molecule has 2 aromatic rings. The van der Waals surface area contributed by atoms with E-state index in [2.05, 4.69) is 10.6 Å². The van der Waals surface area contributed by atoms with Crippen molar-refractivity contribution in [3.63, 3.8) is 0 Å². The van der Waals surface area contributed by atoms with E-state index in [4.69, 9.17) is 4.74 Å². The number of carbonyl (C=O) groups excluding carboxylic acids is 3. The largest absolute Gasteiger partial charge is 0.471 e. The smallest absolute Gasteiger partial charge is 0.444 e. The van der Waals surface area contributed by atoms with Crippen LogP contribution in [0.2, 0.25) is 0 Å². The monoisotopic (exact) mass is 465 g/mol. The lowest BCUT2D eigenvalue weighted by Crippen LogP contribution is -2.40. The van der Waals surface area contributed by atoms with Crippen LogP contribution in [0.1, 0.15) is 43.6 Å². The summed E-state index contributed by atoms with van der Waals surface area (Å²) in [5, 5.41) is 5.22. The molecule has 33 heavy (non-hydrogen) atoms. The van der Waals surface area contributed by atoms with E-state index in [9.17, 15) is 27.6 Å². The molecule has 0 aromatic heterocycles. The van der Waals surface area contributed by atoms with Gasteiger partial charge >= 0.3 is 18.2 Å². The second kappa shape index (κ2) is 10.4. The Balaban J connectivity index is 2.03. The van der Waals surface area contributed by atoms with Crippen molar-refractivity contribution in [1.82, 2.24) is 4.90 Å². The van der Waals surface area contributed by atoms with E-state index < -0.39 is 29.7 Å². The van der Waals surface area contributed by atoms with Crippen LogP contribution in [0.3, 0.4) is 0 Å². The molecule has 2 rings (SSSR count). The normalized spacial score (nSPS) is 11.5. The second-order valence-corrected chi connectivity index (χ2v) is 8.18. The average Bonchev–Trinajstić information content (AvgIpc) is 2.70. The molecule has 0 atom stereocenters. The number of hydrogen-bond acceptors (Lipinski definition) is 4. The predicted octanol–water partition coefficient (Wildman–Crippen LogP) is 5.20. The number of nitrogens with one attached hydrogen (secondary N) is 2. The number of anilines is 2. The van der Waals surface area contributed by atoms with Gasteiger partial charge in [0.15, 0.2) is 0 Å². The number of rotatable bonds is 6. The molecule has 3 amide bonds. The fourth-order valence-corrected chi connectivity index (χ4v) is 2.80. The van der Waals surface area contributed by atoms with Gasteiger partial charge in [0.05, 0.1) is 0 Å². The number of ether oxygens (including phenoxy) is 1. The summed E-state index contributed by atoms with van der Waals surface area (Å²) in [7, 11) is 0. The highest BCUT2D eigenvalue weighted by Gasteiger charge is 2.41. The molecule has 0 aliphatic heterocycles. The van der Waals surface area contributed by atoms with Gasteiger partial charge in [-0.05, 0) is 69.7 Å². The maximum Gasteiger partial charge on any atom is 0.471 e. The third kappa shape index (κ3) is 8.13. The van der Waals surface area contributed by atoms with Crippen molar-refractivity contribution in [2.45, 2.75) is 46.0 Å². The molecule has 2 aromatic carbocycles. The van der Waals surface area contributed by atoms with Crippen LogP contribution in [0, 0.1) is 0 Å². The van der Waals surface area contributed by atoms with Gasteiger partial charge in [-0.1, -0.05) is 12.1 Å². The zero-order valence-corrected chi connectivity index (χ0v) is 18.7. The lowest BCUT2D eigenvalue weighted by molar-refractivity contribution is -0.185. The zero-order valence-electron chi connectivity index (χ0n) is 18.7. The van der Waals surface area contributed by atoms with E-state index in [0.717, 1.165) is 0 Å². The quantitative estimate of drug-likeness (QED) is 0.614. The van der Waals surface area contributed by atoms with Gasteiger partial charge in [0.1, 0.15) is 5.60 Å². The number of carbonyl (C=O) groups is 3. The Labute approximate surface area is 189 Å². The molecule has 10 heteroatoms. The Morgan fingerprint density at radius 3 is 2.12 bits per heavy atom. The van der Waals surface area contributed by atoms with E-state index in [0.29, 0.717) is 27.4 Å². The first-order chi connectivity index (χ1) is 15.3. The molecule has 0 heterocycles. The van der Waals surface area contributed by atoms with Crippen LogP contribution in [0.15, 0.2) is 48.5 Å². The highest BCUT2D eigenvalue weighted by molar-refractivity contribution is 6.04. The molecule has 0 saturated heterocycles. The van der Waals surface area contributed by atoms with E-state index in [1.807, 2.05) is 0 Å². The van der Waals surface area contributed by atoms with Crippen LogP contribution < -0.4 is 10.6 Å². The SMILES string of the molecule is CCN(Cc1cccc(NC(=O)c2ccc(NC(=O)OC(C)(C)C)cc2)c1)C(=O)C(F)(F)F. The fourth-order valence-electron chi connectivity index (χ4n) is 2.80. The fraction of sp³-hybridized carbons (Fsp3) is 0.348. The molecular weight excluding hydrogens is 439 g/mol. The molecule has 2 N–H and O–H groups in total. The molecule has 0 radical (unpaired) electrons. The van der Waals surface area contributed by atoms with Crippen LogP contribution in [0.25, 0.3) is 0 Å². The minimum atomic E-state index is -4.95. The summed E-state index contributed by atoms with van der Waals surface area (Å²) in [5.41, 5.74) is 0.898. The first-order valence-electron chi connectivity index (χ1n) is 10.1. The number of halogens is 3.